The lowest BCUT2D eigenvalue weighted by Gasteiger charge is -2.07. The largest absolute Gasteiger partial charge is 0.421 e. The molecule has 0 spiro atoms. The monoisotopic (exact) mass is 391 g/mol. The lowest BCUT2D eigenvalue weighted by atomic mass is 10.1. The highest BCUT2D eigenvalue weighted by Gasteiger charge is 2.09. The summed E-state index contributed by atoms with van der Waals surface area (Å²) >= 11 is 0. The molecule has 4 heteroatoms. The number of rotatable bonds is 9. The lowest BCUT2D eigenvalue weighted by molar-refractivity contribution is 0.0734. The van der Waals surface area contributed by atoms with Crippen molar-refractivity contribution >= 4 is 5.97 Å². The quantitative estimate of drug-likeness (QED) is 0.334. The van der Waals surface area contributed by atoms with Gasteiger partial charge in [-0.15, -0.1) is 0 Å². The van der Waals surface area contributed by atoms with E-state index in [-0.39, 0.29) is 11.8 Å². The summed E-state index contributed by atoms with van der Waals surface area (Å²) in [6.07, 6.45) is 7.69. The summed E-state index contributed by atoms with van der Waals surface area (Å²) in [5, 5.41) is 0. The van der Waals surface area contributed by atoms with E-state index < -0.39 is 0 Å². The highest BCUT2D eigenvalue weighted by atomic mass is 19.1. The number of hydrogen-bond acceptors (Lipinski definition) is 3. The molecule has 0 aliphatic carbocycles. The zero-order chi connectivity index (χ0) is 20.5. The van der Waals surface area contributed by atoms with Crippen LogP contribution >= 0.6 is 0 Å². The van der Waals surface area contributed by atoms with E-state index >= 15 is 0 Å². The Morgan fingerprint density at radius 2 is 1.55 bits per heavy atom. The van der Waals surface area contributed by atoms with E-state index in [1.807, 2.05) is 30.3 Å². The van der Waals surface area contributed by atoms with Crippen LogP contribution in [0, 0.1) is 5.82 Å². The Hall–Kier alpha value is -3.01. The number of unbranched alkanes of at least 4 members (excludes halogenated alkanes) is 2. The number of halogens is 1. The first-order valence-corrected chi connectivity index (χ1v) is 10.1. The number of hydrogen-bond donors (Lipinski definition) is 0. The van der Waals surface area contributed by atoms with Crippen molar-refractivity contribution < 1.29 is 13.9 Å². The molecular weight excluding hydrogens is 365 g/mol. The highest BCUT2D eigenvalue weighted by molar-refractivity contribution is 5.91. The molecule has 3 nitrogen and oxygen atoms in total. The Morgan fingerprint density at radius 1 is 0.862 bits per heavy atom. The Kier molecular flexibility index (Phi) is 7.51. The molecule has 0 amide bonds. The smallest absolute Gasteiger partial charge is 0.343 e. The van der Waals surface area contributed by atoms with Gasteiger partial charge in [0, 0.05) is 5.69 Å². The predicted molar refractivity (Wildman–Crippen MR) is 113 cm³/mol. The van der Waals surface area contributed by atoms with Crippen molar-refractivity contribution in [3.63, 3.8) is 0 Å². The van der Waals surface area contributed by atoms with Crippen LogP contribution < -0.4 is 4.74 Å². The molecule has 0 aliphatic rings. The summed E-state index contributed by atoms with van der Waals surface area (Å²) in [5.41, 5.74) is 3.72. The topological polar surface area (TPSA) is 39.2 Å². The van der Waals surface area contributed by atoms with Gasteiger partial charge in [0.1, 0.15) is 11.6 Å². The molecule has 2 aromatic carbocycles. The van der Waals surface area contributed by atoms with Gasteiger partial charge >= 0.3 is 5.97 Å². The van der Waals surface area contributed by atoms with Gasteiger partial charge in [-0.2, -0.15) is 0 Å². The fourth-order valence-corrected chi connectivity index (χ4v) is 3.10. The van der Waals surface area contributed by atoms with Crippen LogP contribution in [0.3, 0.4) is 0 Å². The minimum atomic E-state index is -0.383. The van der Waals surface area contributed by atoms with Gasteiger partial charge in [0.25, 0.3) is 0 Å². The number of benzene rings is 2. The number of aryl methyl sites for hydroxylation is 3. The van der Waals surface area contributed by atoms with Gasteiger partial charge in [0.15, 0.2) is 0 Å². The fourth-order valence-electron chi connectivity index (χ4n) is 3.10. The molecular formula is C25H26FNO2. The maximum absolute atomic E-state index is 13.0. The van der Waals surface area contributed by atoms with Crippen molar-refractivity contribution in [3.8, 4) is 5.75 Å². The molecule has 1 heterocycles. The van der Waals surface area contributed by atoms with Gasteiger partial charge < -0.3 is 4.74 Å². The Balaban J connectivity index is 1.50. The Morgan fingerprint density at radius 3 is 2.21 bits per heavy atom. The minimum Gasteiger partial charge on any atom is -0.421 e. The van der Waals surface area contributed by atoms with E-state index in [4.69, 9.17) is 4.74 Å². The number of carbonyl (C=O) groups is 1. The summed E-state index contributed by atoms with van der Waals surface area (Å²) in [6, 6.07) is 17.7. The number of nitrogens with zero attached hydrogens (tertiary/aromatic N) is 1. The first-order valence-electron chi connectivity index (χ1n) is 10.1. The molecule has 150 valence electrons. The predicted octanol–water partition coefficient (Wildman–Crippen LogP) is 5.96. The minimum absolute atomic E-state index is 0.232. The number of ether oxygens (including phenoxy) is 1. The van der Waals surface area contributed by atoms with Gasteiger partial charge in [0.2, 0.25) is 0 Å². The van der Waals surface area contributed by atoms with Crippen LogP contribution in [-0.2, 0) is 19.3 Å². The summed E-state index contributed by atoms with van der Waals surface area (Å²) in [7, 11) is 0. The van der Waals surface area contributed by atoms with E-state index in [1.54, 1.807) is 24.4 Å². The van der Waals surface area contributed by atoms with Crippen LogP contribution in [0.1, 0.15) is 53.4 Å². The molecule has 0 aliphatic heterocycles. The number of esters is 1. The molecule has 0 bridgehead atoms. The SMILES string of the molecule is CCCCCc1ccc(C(=O)Oc2ccc(CCc3ccc(F)cc3)nc2)cc1. The van der Waals surface area contributed by atoms with Crippen LogP contribution in [0.4, 0.5) is 4.39 Å². The molecule has 3 rings (SSSR count). The van der Waals surface area contributed by atoms with Crippen LogP contribution in [0.25, 0.3) is 0 Å². The summed E-state index contributed by atoms with van der Waals surface area (Å²) in [6.45, 7) is 2.19. The van der Waals surface area contributed by atoms with E-state index in [2.05, 4.69) is 11.9 Å². The second-order valence-electron chi connectivity index (χ2n) is 7.16. The molecule has 0 saturated carbocycles. The molecule has 0 fully saturated rings. The molecule has 0 atom stereocenters. The third-order valence-corrected chi connectivity index (χ3v) is 4.85. The van der Waals surface area contributed by atoms with Gasteiger partial charge in [0.05, 0.1) is 11.8 Å². The average molecular weight is 391 g/mol. The molecule has 0 unspecified atom stereocenters. The van der Waals surface area contributed by atoms with E-state index in [0.717, 1.165) is 30.5 Å². The van der Waals surface area contributed by atoms with E-state index in [9.17, 15) is 9.18 Å². The maximum atomic E-state index is 13.0. The summed E-state index contributed by atoms with van der Waals surface area (Å²) < 4.78 is 18.4. The van der Waals surface area contributed by atoms with Crippen molar-refractivity contribution in [3.05, 3.63) is 95.1 Å². The highest BCUT2D eigenvalue weighted by Crippen LogP contribution is 2.15. The molecule has 0 N–H and O–H groups in total. The number of pyridine rings is 1. The molecule has 1 aromatic heterocycles. The van der Waals surface area contributed by atoms with Crippen molar-refractivity contribution in [1.82, 2.24) is 4.98 Å². The lowest BCUT2D eigenvalue weighted by Crippen LogP contribution is -2.09. The van der Waals surface area contributed by atoms with Crippen LogP contribution in [0.15, 0.2) is 66.9 Å². The maximum Gasteiger partial charge on any atom is 0.343 e. The molecule has 0 radical (unpaired) electrons. The van der Waals surface area contributed by atoms with Crippen molar-refractivity contribution in [2.75, 3.05) is 0 Å². The Bertz CT molecular complexity index is 903. The third-order valence-electron chi connectivity index (χ3n) is 4.85. The summed E-state index contributed by atoms with van der Waals surface area (Å²) in [5.74, 6) is -0.192. The average Bonchev–Trinajstić information content (AvgIpc) is 2.75. The van der Waals surface area contributed by atoms with Crippen LogP contribution in [0.5, 0.6) is 5.75 Å². The number of carbonyl (C=O) groups excluding carboxylic acids is 1. The van der Waals surface area contributed by atoms with Crippen LogP contribution in [-0.4, -0.2) is 11.0 Å². The second kappa shape index (κ2) is 10.5. The van der Waals surface area contributed by atoms with Gasteiger partial charge in [-0.3, -0.25) is 4.98 Å². The van der Waals surface area contributed by atoms with Crippen molar-refractivity contribution in [1.29, 1.82) is 0 Å². The van der Waals surface area contributed by atoms with Gasteiger partial charge in [-0.1, -0.05) is 44.0 Å². The standard InChI is InChI=1S/C25H26FNO2/c1-2-3-4-5-19-6-11-21(12-7-19)25(28)29-24-17-16-23(27-18-24)15-10-20-8-13-22(26)14-9-20/h6-9,11-14,16-18H,2-5,10,15H2,1H3. The van der Waals surface area contributed by atoms with E-state index in [1.165, 1.54) is 37.0 Å². The van der Waals surface area contributed by atoms with Gasteiger partial charge in [-0.05, 0) is 73.2 Å². The van der Waals surface area contributed by atoms with Crippen LogP contribution in [0.2, 0.25) is 0 Å². The van der Waals surface area contributed by atoms with Gasteiger partial charge in [-0.25, -0.2) is 9.18 Å². The molecule has 29 heavy (non-hydrogen) atoms. The van der Waals surface area contributed by atoms with E-state index in [0.29, 0.717) is 11.3 Å². The molecule has 3 aromatic rings. The normalized spacial score (nSPS) is 10.7. The zero-order valence-electron chi connectivity index (χ0n) is 16.7. The molecule has 0 saturated heterocycles. The number of aromatic nitrogens is 1. The Labute approximate surface area is 171 Å². The van der Waals surface area contributed by atoms with Crippen molar-refractivity contribution in [2.45, 2.75) is 45.4 Å². The first kappa shape index (κ1) is 20.7. The first-order chi connectivity index (χ1) is 14.1. The fraction of sp³-hybridized carbons (Fsp3) is 0.280. The van der Waals surface area contributed by atoms with Crippen molar-refractivity contribution in [2.24, 2.45) is 0 Å². The third kappa shape index (κ3) is 6.53. The summed E-state index contributed by atoms with van der Waals surface area (Å²) in [4.78, 5) is 16.7. The zero-order valence-corrected chi connectivity index (χ0v) is 16.7. The second-order valence-corrected chi connectivity index (χ2v) is 7.16.